The van der Waals surface area contributed by atoms with Crippen LogP contribution < -0.4 is 10.0 Å². The van der Waals surface area contributed by atoms with Gasteiger partial charge in [-0.05, 0) is 36.6 Å². The first kappa shape index (κ1) is 18.0. The number of amides is 1. The van der Waals surface area contributed by atoms with Crippen LogP contribution in [0, 0.1) is 0 Å². The van der Waals surface area contributed by atoms with Gasteiger partial charge < -0.3 is 5.32 Å². The number of sulfonamides is 1. The highest BCUT2D eigenvalue weighted by Crippen LogP contribution is 2.19. The van der Waals surface area contributed by atoms with Gasteiger partial charge in [0.1, 0.15) is 0 Å². The van der Waals surface area contributed by atoms with Crippen LogP contribution in [0.5, 0.6) is 0 Å². The van der Waals surface area contributed by atoms with Crippen LogP contribution in [0.2, 0.25) is 0 Å². The second-order valence-electron chi connectivity index (χ2n) is 5.71. The Balaban J connectivity index is 2.17. The first-order valence-electron chi connectivity index (χ1n) is 7.76. The van der Waals surface area contributed by atoms with Gasteiger partial charge in [0.2, 0.25) is 10.0 Å². The Morgan fingerprint density at radius 2 is 1.71 bits per heavy atom. The van der Waals surface area contributed by atoms with Gasteiger partial charge in [-0.15, -0.1) is 0 Å². The van der Waals surface area contributed by atoms with Crippen LogP contribution in [0.1, 0.15) is 41.4 Å². The minimum Gasteiger partial charge on any atom is -0.345 e. The lowest BCUT2D eigenvalue weighted by molar-refractivity contribution is 0.0941. The first-order valence-corrected chi connectivity index (χ1v) is 9.66. The fourth-order valence-corrected chi connectivity index (χ4v) is 2.95. The van der Waals surface area contributed by atoms with E-state index in [4.69, 9.17) is 0 Å². The molecule has 0 radical (unpaired) electrons. The summed E-state index contributed by atoms with van der Waals surface area (Å²) in [5, 5.41) is 2.90. The summed E-state index contributed by atoms with van der Waals surface area (Å²) in [7, 11) is -3.45. The molecule has 1 atom stereocenters. The summed E-state index contributed by atoms with van der Waals surface area (Å²) < 4.78 is 25.2. The molecule has 5 nitrogen and oxygen atoms in total. The highest BCUT2D eigenvalue weighted by Gasteiger charge is 2.16. The van der Waals surface area contributed by atoms with Crippen molar-refractivity contribution >= 4 is 21.6 Å². The predicted molar refractivity (Wildman–Crippen MR) is 96.6 cm³/mol. The molecule has 128 valence electrons. The molecule has 0 heterocycles. The maximum Gasteiger partial charge on any atom is 0.253 e. The Hall–Kier alpha value is -2.34. The van der Waals surface area contributed by atoms with E-state index in [0.29, 0.717) is 5.56 Å². The fourth-order valence-electron chi connectivity index (χ4n) is 2.37. The minimum atomic E-state index is -3.45. The van der Waals surface area contributed by atoms with Gasteiger partial charge in [-0.25, -0.2) is 8.42 Å². The minimum absolute atomic E-state index is 0.185. The molecule has 2 aromatic carbocycles. The number of carbonyl (C=O) groups is 1. The number of para-hydroxylation sites is 1. The molecule has 2 rings (SSSR count). The first-order chi connectivity index (χ1) is 11.3. The van der Waals surface area contributed by atoms with Gasteiger partial charge in [0.25, 0.3) is 5.91 Å². The van der Waals surface area contributed by atoms with Gasteiger partial charge in [0.15, 0.2) is 0 Å². The third-order valence-corrected chi connectivity index (χ3v) is 4.29. The number of carbonyl (C=O) groups excluding carboxylic acids is 1. The summed E-state index contributed by atoms with van der Waals surface area (Å²) in [6, 6.07) is 14.4. The van der Waals surface area contributed by atoms with Crippen LogP contribution in [0.4, 0.5) is 5.69 Å². The van der Waals surface area contributed by atoms with E-state index in [-0.39, 0.29) is 17.6 Å². The molecular weight excluding hydrogens is 324 g/mol. The monoisotopic (exact) mass is 346 g/mol. The van der Waals surface area contributed by atoms with E-state index in [1.807, 2.05) is 31.2 Å². The summed E-state index contributed by atoms with van der Waals surface area (Å²) in [6.07, 6.45) is 2.02. The zero-order valence-corrected chi connectivity index (χ0v) is 14.9. The smallest absolute Gasteiger partial charge is 0.253 e. The maximum atomic E-state index is 12.5. The van der Waals surface area contributed by atoms with Crippen molar-refractivity contribution in [2.24, 2.45) is 0 Å². The maximum absolute atomic E-state index is 12.5. The molecule has 6 heteroatoms. The molecule has 0 aliphatic carbocycles. The zero-order valence-electron chi connectivity index (χ0n) is 14.0. The second-order valence-corrected chi connectivity index (χ2v) is 7.46. The molecule has 0 saturated carbocycles. The molecule has 0 aliphatic heterocycles. The van der Waals surface area contributed by atoms with Crippen LogP contribution in [0.15, 0.2) is 48.5 Å². The lowest BCUT2D eigenvalue weighted by atomic mass is 10.0. The van der Waals surface area contributed by atoms with Gasteiger partial charge >= 0.3 is 0 Å². The third kappa shape index (κ3) is 4.83. The van der Waals surface area contributed by atoms with E-state index in [9.17, 15) is 13.2 Å². The van der Waals surface area contributed by atoms with Crippen molar-refractivity contribution in [2.75, 3.05) is 11.0 Å². The summed E-state index contributed by atoms with van der Waals surface area (Å²) in [6.45, 7) is 3.98. The topological polar surface area (TPSA) is 75.3 Å². The Morgan fingerprint density at radius 3 is 2.29 bits per heavy atom. The molecule has 0 fully saturated rings. The van der Waals surface area contributed by atoms with Gasteiger partial charge in [-0.1, -0.05) is 43.3 Å². The number of aryl methyl sites for hydroxylation is 1. The SMILES string of the molecule is CCc1ccc(C(C)NC(=O)c2ccccc2NS(C)(=O)=O)cc1. The molecule has 1 amide bonds. The normalized spacial score (nSPS) is 12.5. The van der Waals surface area contributed by atoms with Crippen LogP contribution >= 0.6 is 0 Å². The Morgan fingerprint density at radius 1 is 1.08 bits per heavy atom. The number of nitrogens with one attached hydrogen (secondary N) is 2. The Labute approximate surface area is 143 Å². The number of hydrogen-bond donors (Lipinski definition) is 2. The van der Waals surface area contributed by atoms with Crippen LogP contribution in [0.25, 0.3) is 0 Å². The second kappa shape index (κ2) is 7.49. The van der Waals surface area contributed by atoms with E-state index in [2.05, 4.69) is 17.0 Å². The highest BCUT2D eigenvalue weighted by atomic mass is 32.2. The standard InChI is InChI=1S/C18H22N2O3S/c1-4-14-9-11-15(12-10-14)13(2)19-18(21)16-7-5-6-8-17(16)20-24(3,22)23/h5-13,20H,4H2,1-3H3,(H,19,21). The lowest BCUT2D eigenvalue weighted by Crippen LogP contribution is -2.27. The zero-order chi connectivity index (χ0) is 17.7. The van der Waals surface area contributed by atoms with Crippen molar-refractivity contribution in [3.63, 3.8) is 0 Å². The molecule has 24 heavy (non-hydrogen) atoms. The number of anilines is 1. The number of benzene rings is 2. The van der Waals surface area contributed by atoms with Crippen molar-refractivity contribution in [3.8, 4) is 0 Å². The number of hydrogen-bond acceptors (Lipinski definition) is 3. The van der Waals surface area contributed by atoms with Crippen molar-refractivity contribution < 1.29 is 13.2 Å². The van der Waals surface area contributed by atoms with Crippen LogP contribution in [-0.2, 0) is 16.4 Å². The van der Waals surface area contributed by atoms with Gasteiger partial charge in [-0.2, -0.15) is 0 Å². The largest absolute Gasteiger partial charge is 0.345 e. The van der Waals surface area contributed by atoms with Crippen molar-refractivity contribution in [2.45, 2.75) is 26.3 Å². The van der Waals surface area contributed by atoms with Crippen LogP contribution in [0.3, 0.4) is 0 Å². The van der Waals surface area contributed by atoms with Crippen LogP contribution in [-0.4, -0.2) is 20.6 Å². The van der Waals surface area contributed by atoms with E-state index in [0.717, 1.165) is 18.2 Å². The van der Waals surface area contributed by atoms with Gasteiger partial charge in [0, 0.05) is 0 Å². The van der Waals surface area contributed by atoms with Gasteiger partial charge in [-0.3, -0.25) is 9.52 Å². The van der Waals surface area contributed by atoms with E-state index in [1.165, 1.54) is 5.56 Å². The predicted octanol–water partition coefficient (Wildman–Crippen LogP) is 3.11. The van der Waals surface area contributed by atoms with E-state index >= 15 is 0 Å². The average molecular weight is 346 g/mol. The molecule has 0 aliphatic rings. The molecule has 2 aromatic rings. The molecule has 0 bridgehead atoms. The fraction of sp³-hybridized carbons (Fsp3) is 0.278. The summed E-state index contributed by atoms with van der Waals surface area (Å²) >= 11 is 0. The van der Waals surface area contributed by atoms with Crippen molar-refractivity contribution in [1.82, 2.24) is 5.32 Å². The highest BCUT2D eigenvalue weighted by molar-refractivity contribution is 7.92. The van der Waals surface area contributed by atoms with Crippen molar-refractivity contribution in [3.05, 3.63) is 65.2 Å². The van der Waals surface area contributed by atoms with Crippen molar-refractivity contribution in [1.29, 1.82) is 0 Å². The number of rotatable bonds is 6. The Bertz CT molecular complexity index is 814. The lowest BCUT2D eigenvalue weighted by Gasteiger charge is -2.16. The summed E-state index contributed by atoms with van der Waals surface area (Å²) in [5.74, 6) is -0.325. The molecule has 1 unspecified atom stereocenters. The molecule has 0 spiro atoms. The van der Waals surface area contributed by atoms with E-state index < -0.39 is 10.0 Å². The average Bonchev–Trinajstić information content (AvgIpc) is 2.53. The third-order valence-electron chi connectivity index (χ3n) is 3.70. The molecular formula is C18H22N2O3S. The summed E-state index contributed by atoms with van der Waals surface area (Å²) in [5.41, 5.74) is 2.79. The molecule has 0 saturated heterocycles. The van der Waals surface area contributed by atoms with Gasteiger partial charge in [0.05, 0.1) is 23.5 Å². The molecule has 2 N–H and O–H groups in total. The van der Waals surface area contributed by atoms with E-state index in [1.54, 1.807) is 24.3 Å². The Kier molecular flexibility index (Phi) is 5.62. The summed E-state index contributed by atoms with van der Waals surface area (Å²) in [4.78, 5) is 12.5. The quantitative estimate of drug-likeness (QED) is 0.844. The molecule has 0 aromatic heterocycles.